The van der Waals surface area contributed by atoms with Crippen LogP contribution in [0.25, 0.3) is 0 Å². The number of nitrogens with zero attached hydrogens (tertiary/aromatic N) is 1. The molecule has 0 bridgehead atoms. The summed E-state index contributed by atoms with van der Waals surface area (Å²) in [6.45, 7) is 4.38. The minimum Gasteiger partial charge on any atom is -0.298 e. The maximum atomic E-state index is 10.7. The van der Waals surface area contributed by atoms with Gasteiger partial charge in [0.2, 0.25) is 0 Å². The Kier molecular flexibility index (Phi) is 3.88. The number of hydrogen-bond donors (Lipinski definition) is 0. The number of carbonyl (C=O) groups excluding carboxylic acids is 1. The highest BCUT2D eigenvalue weighted by atomic mass is 16.1. The van der Waals surface area contributed by atoms with Gasteiger partial charge in [0.15, 0.2) is 6.29 Å². The Morgan fingerprint density at radius 2 is 2.00 bits per heavy atom. The zero-order chi connectivity index (χ0) is 13.0. The summed E-state index contributed by atoms with van der Waals surface area (Å²) in [7, 11) is 0. The molecule has 2 rings (SSSR count). The third-order valence-corrected chi connectivity index (χ3v) is 2.98. The van der Waals surface area contributed by atoms with E-state index in [2.05, 4.69) is 43.1 Å². The van der Waals surface area contributed by atoms with Crippen molar-refractivity contribution in [1.29, 1.82) is 0 Å². The van der Waals surface area contributed by atoms with Crippen molar-refractivity contribution >= 4 is 6.29 Å². The summed E-state index contributed by atoms with van der Waals surface area (Å²) in [5.74, 6) is 0.532. The van der Waals surface area contributed by atoms with Crippen molar-refractivity contribution in [2.24, 2.45) is 0 Å². The van der Waals surface area contributed by atoms with E-state index < -0.39 is 0 Å². The van der Waals surface area contributed by atoms with Crippen LogP contribution in [0, 0.1) is 0 Å². The molecule has 0 N–H and O–H groups in total. The number of rotatable bonds is 4. The van der Waals surface area contributed by atoms with Crippen LogP contribution in [0.2, 0.25) is 0 Å². The number of hydrogen-bond acceptors (Lipinski definition) is 2. The fraction of sp³-hybridized carbons (Fsp3) is 0.250. The number of aromatic nitrogens is 1. The summed E-state index contributed by atoms with van der Waals surface area (Å²) in [6, 6.07) is 10.5. The molecule has 0 saturated carbocycles. The van der Waals surface area contributed by atoms with E-state index in [0.29, 0.717) is 11.5 Å². The fourth-order valence-electron chi connectivity index (χ4n) is 1.97. The topological polar surface area (TPSA) is 30.0 Å². The first kappa shape index (κ1) is 12.5. The highest BCUT2D eigenvalue weighted by molar-refractivity contribution is 5.74. The Labute approximate surface area is 108 Å². The summed E-state index contributed by atoms with van der Waals surface area (Å²) in [5, 5.41) is 0. The van der Waals surface area contributed by atoms with Gasteiger partial charge in [-0.25, -0.2) is 0 Å². The van der Waals surface area contributed by atoms with E-state index in [4.69, 9.17) is 0 Å². The highest BCUT2D eigenvalue weighted by Gasteiger charge is 2.02. The molecule has 0 amide bonds. The van der Waals surface area contributed by atoms with Crippen LogP contribution >= 0.6 is 0 Å². The van der Waals surface area contributed by atoms with E-state index >= 15 is 0 Å². The molecule has 0 atom stereocenters. The molecule has 1 aromatic carbocycles. The first-order valence-electron chi connectivity index (χ1n) is 6.17. The minimum atomic E-state index is 0.532. The molecule has 0 saturated heterocycles. The first-order valence-corrected chi connectivity index (χ1v) is 6.17. The normalized spacial score (nSPS) is 10.6. The molecule has 92 valence electrons. The van der Waals surface area contributed by atoms with Gasteiger partial charge in [0.05, 0.1) is 0 Å². The summed E-state index contributed by atoms with van der Waals surface area (Å²) >= 11 is 0. The monoisotopic (exact) mass is 239 g/mol. The molecular weight excluding hydrogens is 222 g/mol. The van der Waals surface area contributed by atoms with Gasteiger partial charge in [0.25, 0.3) is 0 Å². The molecule has 18 heavy (non-hydrogen) atoms. The fourth-order valence-corrected chi connectivity index (χ4v) is 1.97. The molecule has 0 fully saturated rings. The minimum absolute atomic E-state index is 0.532. The summed E-state index contributed by atoms with van der Waals surface area (Å²) in [6.07, 6.45) is 5.05. The van der Waals surface area contributed by atoms with Crippen LogP contribution in [0.5, 0.6) is 0 Å². The van der Waals surface area contributed by atoms with Crippen molar-refractivity contribution < 1.29 is 4.79 Å². The second-order valence-electron chi connectivity index (χ2n) is 4.82. The van der Waals surface area contributed by atoms with Crippen molar-refractivity contribution in [3.63, 3.8) is 0 Å². The van der Waals surface area contributed by atoms with Crippen molar-refractivity contribution in [2.75, 3.05) is 0 Å². The van der Waals surface area contributed by atoms with Crippen LogP contribution in [0.4, 0.5) is 0 Å². The Bertz CT molecular complexity index is 546. The van der Waals surface area contributed by atoms with Crippen molar-refractivity contribution in [2.45, 2.75) is 26.2 Å². The van der Waals surface area contributed by atoms with Crippen LogP contribution in [-0.4, -0.2) is 11.3 Å². The Morgan fingerprint density at radius 1 is 1.17 bits per heavy atom. The van der Waals surface area contributed by atoms with E-state index in [1.54, 1.807) is 6.20 Å². The second-order valence-corrected chi connectivity index (χ2v) is 4.82. The van der Waals surface area contributed by atoms with E-state index in [-0.39, 0.29) is 0 Å². The van der Waals surface area contributed by atoms with E-state index in [1.807, 2.05) is 12.3 Å². The smallest absolute Gasteiger partial charge is 0.151 e. The van der Waals surface area contributed by atoms with Crippen LogP contribution in [0.3, 0.4) is 0 Å². The molecule has 2 aromatic rings. The van der Waals surface area contributed by atoms with Gasteiger partial charge in [-0.3, -0.25) is 9.78 Å². The number of pyridine rings is 1. The van der Waals surface area contributed by atoms with Gasteiger partial charge >= 0.3 is 0 Å². The van der Waals surface area contributed by atoms with Crippen LogP contribution in [-0.2, 0) is 6.42 Å². The standard InChI is InChI=1S/C16H17NO/c1-12(2)16-5-3-4-13(8-16)6-14-7-15(11-18)10-17-9-14/h3-5,7-12H,6H2,1-2H3. The predicted molar refractivity (Wildman–Crippen MR) is 73.0 cm³/mol. The molecule has 0 spiro atoms. The molecule has 0 aliphatic carbocycles. The Hall–Kier alpha value is -1.96. The van der Waals surface area contributed by atoms with E-state index in [1.165, 1.54) is 11.1 Å². The maximum absolute atomic E-state index is 10.7. The molecule has 0 aliphatic rings. The van der Waals surface area contributed by atoms with Crippen molar-refractivity contribution in [3.8, 4) is 0 Å². The largest absolute Gasteiger partial charge is 0.298 e. The lowest BCUT2D eigenvalue weighted by molar-refractivity contribution is 0.112. The summed E-state index contributed by atoms with van der Waals surface area (Å²) in [5.41, 5.74) is 4.30. The van der Waals surface area contributed by atoms with E-state index in [0.717, 1.165) is 18.3 Å². The second kappa shape index (κ2) is 5.58. The van der Waals surface area contributed by atoms with Crippen LogP contribution < -0.4 is 0 Å². The third kappa shape index (κ3) is 3.04. The third-order valence-electron chi connectivity index (χ3n) is 2.98. The van der Waals surface area contributed by atoms with E-state index in [9.17, 15) is 4.79 Å². The molecule has 0 aliphatic heterocycles. The van der Waals surface area contributed by atoms with Crippen LogP contribution in [0.1, 0.15) is 46.8 Å². The van der Waals surface area contributed by atoms with Gasteiger partial charge in [0.1, 0.15) is 0 Å². The molecule has 1 heterocycles. The average molecular weight is 239 g/mol. The first-order chi connectivity index (χ1) is 8.69. The highest BCUT2D eigenvalue weighted by Crippen LogP contribution is 2.17. The SMILES string of the molecule is CC(C)c1cccc(Cc2cncc(C=O)c2)c1. The molecule has 0 unspecified atom stereocenters. The lowest BCUT2D eigenvalue weighted by Crippen LogP contribution is -1.94. The number of aldehydes is 1. The molecule has 2 heteroatoms. The van der Waals surface area contributed by atoms with Gasteiger partial charge in [-0.05, 0) is 35.1 Å². The summed E-state index contributed by atoms with van der Waals surface area (Å²) < 4.78 is 0. The molecule has 0 radical (unpaired) electrons. The average Bonchev–Trinajstić information content (AvgIpc) is 2.39. The Balaban J connectivity index is 2.22. The molecule has 2 nitrogen and oxygen atoms in total. The lowest BCUT2D eigenvalue weighted by Gasteiger charge is -2.08. The van der Waals surface area contributed by atoms with Gasteiger partial charge in [0, 0.05) is 18.0 Å². The van der Waals surface area contributed by atoms with Gasteiger partial charge in [-0.1, -0.05) is 38.1 Å². The predicted octanol–water partition coefficient (Wildman–Crippen LogP) is 3.61. The maximum Gasteiger partial charge on any atom is 0.151 e. The quantitative estimate of drug-likeness (QED) is 0.763. The van der Waals surface area contributed by atoms with Crippen molar-refractivity contribution in [1.82, 2.24) is 4.98 Å². The van der Waals surface area contributed by atoms with Gasteiger partial charge in [-0.2, -0.15) is 0 Å². The van der Waals surface area contributed by atoms with Gasteiger partial charge < -0.3 is 0 Å². The number of benzene rings is 1. The van der Waals surface area contributed by atoms with Crippen LogP contribution in [0.15, 0.2) is 42.7 Å². The zero-order valence-corrected chi connectivity index (χ0v) is 10.8. The number of carbonyl (C=O) groups is 1. The molecule has 1 aromatic heterocycles. The van der Waals surface area contributed by atoms with Gasteiger partial charge in [-0.15, -0.1) is 0 Å². The zero-order valence-electron chi connectivity index (χ0n) is 10.8. The molecular formula is C16H17NO. The lowest BCUT2D eigenvalue weighted by atomic mass is 9.98. The Morgan fingerprint density at radius 3 is 2.72 bits per heavy atom. The summed E-state index contributed by atoms with van der Waals surface area (Å²) in [4.78, 5) is 14.8. The van der Waals surface area contributed by atoms with Crippen molar-refractivity contribution in [3.05, 3.63) is 65.0 Å².